The number of rotatable bonds is 12. The van der Waals surface area contributed by atoms with Gasteiger partial charge in [-0.05, 0) is 57.5 Å². The van der Waals surface area contributed by atoms with E-state index in [1.54, 1.807) is 51.2 Å². The predicted molar refractivity (Wildman–Crippen MR) is 153 cm³/mol. The zero-order valence-corrected chi connectivity index (χ0v) is 24.8. The van der Waals surface area contributed by atoms with Crippen molar-refractivity contribution in [1.29, 1.82) is 0 Å². The van der Waals surface area contributed by atoms with Gasteiger partial charge in [-0.3, -0.25) is 9.36 Å². The highest BCUT2D eigenvalue weighted by Gasteiger charge is 2.37. The molecular weight excluding hydrogens is 574 g/mol. The number of benzene rings is 2. The Hall–Kier alpha value is -3.67. The van der Waals surface area contributed by atoms with Crippen molar-refractivity contribution in [2.45, 2.75) is 52.7 Å². The van der Waals surface area contributed by atoms with E-state index in [9.17, 15) is 22.5 Å². The molecule has 1 amide bonds. The Bertz CT molecular complexity index is 1470. The Morgan fingerprint density at radius 2 is 1.71 bits per heavy atom. The van der Waals surface area contributed by atoms with Gasteiger partial charge in [0.2, 0.25) is 5.95 Å². The number of amides is 1. The number of hydrogen-bond donors (Lipinski definition) is 2. The summed E-state index contributed by atoms with van der Waals surface area (Å²) >= 11 is 0. The first-order valence-corrected chi connectivity index (χ1v) is 15.1. The van der Waals surface area contributed by atoms with Crippen molar-refractivity contribution in [3.8, 4) is 5.75 Å². The highest BCUT2D eigenvalue weighted by atomic mass is 31.2. The highest BCUT2D eigenvalue weighted by Crippen LogP contribution is 2.51. The number of aromatic nitrogens is 2. The molecule has 2 heterocycles. The Balaban J connectivity index is 1.62. The average Bonchev–Trinajstić information content (AvgIpc) is 3.21. The number of alkyl halides is 3. The van der Waals surface area contributed by atoms with Crippen LogP contribution < -0.4 is 15.4 Å². The number of anilines is 4. The van der Waals surface area contributed by atoms with Crippen molar-refractivity contribution in [3.63, 3.8) is 0 Å². The van der Waals surface area contributed by atoms with E-state index in [0.29, 0.717) is 28.8 Å². The molecule has 0 radical (unpaired) electrons. The number of nitrogens with one attached hydrogen (secondary N) is 2. The Kier molecular flexibility index (Phi) is 9.44. The molecule has 226 valence electrons. The smallest absolute Gasteiger partial charge is 0.421 e. The van der Waals surface area contributed by atoms with E-state index in [2.05, 4.69) is 20.6 Å². The maximum atomic E-state index is 13.9. The van der Waals surface area contributed by atoms with Crippen LogP contribution in [0.4, 0.5) is 36.3 Å². The fourth-order valence-electron chi connectivity index (χ4n) is 4.44. The summed E-state index contributed by atoms with van der Waals surface area (Å²) in [6.45, 7) is 7.88. The summed E-state index contributed by atoms with van der Waals surface area (Å²) < 4.78 is 71.1. The average molecular weight is 608 g/mol. The van der Waals surface area contributed by atoms with Crippen LogP contribution in [-0.4, -0.2) is 47.1 Å². The maximum absolute atomic E-state index is 13.9. The van der Waals surface area contributed by atoms with Gasteiger partial charge in [-0.25, -0.2) is 4.98 Å². The number of carbonyl (C=O) groups excluding carboxylic acids is 1. The summed E-state index contributed by atoms with van der Waals surface area (Å²) in [5.74, 6) is -0.479. The van der Waals surface area contributed by atoms with Gasteiger partial charge in [0.05, 0.1) is 43.3 Å². The van der Waals surface area contributed by atoms with E-state index in [0.717, 1.165) is 0 Å². The van der Waals surface area contributed by atoms with Crippen LogP contribution in [0.2, 0.25) is 0 Å². The second-order valence-electron chi connectivity index (χ2n) is 9.80. The molecule has 10 nitrogen and oxygen atoms in total. The Morgan fingerprint density at radius 1 is 1.05 bits per heavy atom. The molecular formula is C28H33F3N5O5P. The van der Waals surface area contributed by atoms with E-state index < -0.39 is 25.2 Å². The van der Waals surface area contributed by atoms with Crippen LogP contribution in [0.25, 0.3) is 0 Å². The molecule has 2 N–H and O–H groups in total. The van der Waals surface area contributed by atoms with Crippen molar-refractivity contribution >= 4 is 36.6 Å². The molecule has 0 fully saturated rings. The Morgan fingerprint density at radius 3 is 2.31 bits per heavy atom. The van der Waals surface area contributed by atoms with Crippen LogP contribution in [-0.2, 0) is 32.5 Å². The molecule has 0 spiro atoms. The van der Waals surface area contributed by atoms with Gasteiger partial charge in [0.1, 0.15) is 17.1 Å². The number of carbonyl (C=O) groups is 1. The minimum Gasteiger partial charge on any atom is -0.491 e. The fraction of sp³-hybridized carbons (Fsp3) is 0.393. The largest absolute Gasteiger partial charge is 0.491 e. The number of ether oxygens (including phenoxy) is 1. The van der Waals surface area contributed by atoms with Gasteiger partial charge in [0.15, 0.2) is 0 Å². The molecule has 0 saturated carbocycles. The van der Waals surface area contributed by atoms with Crippen LogP contribution in [0.3, 0.4) is 0 Å². The van der Waals surface area contributed by atoms with Gasteiger partial charge in [0.25, 0.3) is 5.91 Å². The second-order valence-corrected chi connectivity index (χ2v) is 11.9. The zero-order chi connectivity index (χ0) is 30.7. The second kappa shape index (κ2) is 12.7. The van der Waals surface area contributed by atoms with Crippen LogP contribution >= 0.6 is 7.60 Å². The highest BCUT2D eigenvalue weighted by molar-refractivity contribution is 7.53. The van der Waals surface area contributed by atoms with Crippen LogP contribution in [0.15, 0.2) is 42.6 Å². The van der Waals surface area contributed by atoms with E-state index in [-0.39, 0.29) is 55.1 Å². The van der Waals surface area contributed by atoms with E-state index >= 15 is 0 Å². The first-order valence-electron chi connectivity index (χ1n) is 13.4. The quantitative estimate of drug-likeness (QED) is 0.208. The lowest BCUT2D eigenvalue weighted by atomic mass is 10.1. The molecule has 3 aromatic rings. The molecule has 4 rings (SSSR count). The molecule has 2 aromatic carbocycles. The van der Waals surface area contributed by atoms with Crippen molar-refractivity contribution in [2.75, 3.05) is 30.9 Å². The normalized spacial score (nSPS) is 13.5. The first-order chi connectivity index (χ1) is 19.8. The van der Waals surface area contributed by atoms with Gasteiger partial charge < -0.3 is 29.3 Å². The summed E-state index contributed by atoms with van der Waals surface area (Å²) in [6, 6.07) is 9.83. The molecule has 14 heteroatoms. The molecule has 0 atom stereocenters. The predicted octanol–water partition coefficient (Wildman–Crippen LogP) is 7.12. The zero-order valence-electron chi connectivity index (χ0n) is 23.9. The van der Waals surface area contributed by atoms with Crippen LogP contribution in [0, 0.1) is 0 Å². The topological polar surface area (TPSA) is 115 Å². The molecule has 0 aliphatic carbocycles. The third kappa shape index (κ3) is 7.21. The monoisotopic (exact) mass is 607 g/mol. The third-order valence-electron chi connectivity index (χ3n) is 6.17. The summed E-state index contributed by atoms with van der Waals surface area (Å²) in [7, 11) is -1.70. The van der Waals surface area contributed by atoms with Gasteiger partial charge in [0, 0.05) is 24.5 Å². The minimum absolute atomic E-state index is 0.0685. The molecule has 1 aliphatic rings. The number of nitrogens with zero attached hydrogens (tertiary/aromatic N) is 3. The van der Waals surface area contributed by atoms with Crippen LogP contribution in [0.1, 0.15) is 54.7 Å². The summed E-state index contributed by atoms with van der Waals surface area (Å²) in [4.78, 5) is 22.4. The van der Waals surface area contributed by atoms with Crippen molar-refractivity contribution in [1.82, 2.24) is 14.9 Å². The number of halogens is 3. The number of hydrogen-bond acceptors (Lipinski definition) is 9. The van der Waals surface area contributed by atoms with E-state index in [1.807, 2.05) is 13.8 Å². The van der Waals surface area contributed by atoms with Gasteiger partial charge in [-0.2, -0.15) is 18.2 Å². The molecule has 1 aliphatic heterocycles. The van der Waals surface area contributed by atoms with Crippen molar-refractivity contribution in [3.05, 3.63) is 64.8 Å². The van der Waals surface area contributed by atoms with Crippen molar-refractivity contribution in [2.24, 2.45) is 0 Å². The Labute approximate surface area is 242 Å². The maximum Gasteiger partial charge on any atom is 0.421 e. The lowest BCUT2D eigenvalue weighted by Crippen LogP contribution is -2.18. The van der Waals surface area contributed by atoms with Crippen LogP contribution in [0.5, 0.6) is 5.75 Å². The lowest BCUT2D eigenvalue weighted by molar-refractivity contribution is -0.137. The lowest BCUT2D eigenvalue weighted by Gasteiger charge is -2.18. The molecule has 0 bridgehead atoms. The first kappa shape index (κ1) is 31.3. The summed E-state index contributed by atoms with van der Waals surface area (Å²) in [5.41, 5.74) is 1.06. The van der Waals surface area contributed by atoms with Crippen molar-refractivity contribution < 1.29 is 36.3 Å². The molecule has 1 aromatic heterocycles. The van der Waals surface area contributed by atoms with E-state index in [1.165, 1.54) is 11.0 Å². The molecule has 42 heavy (non-hydrogen) atoms. The summed E-state index contributed by atoms with van der Waals surface area (Å²) in [6.07, 6.45) is -4.17. The van der Waals surface area contributed by atoms with Gasteiger partial charge in [-0.15, -0.1) is 0 Å². The van der Waals surface area contributed by atoms with E-state index in [4.69, 9.17) is 13.8 Å². The SMILES string of the molecule is CCOP(=O)(Cc1ccc(Nc2ncc(C(F)(F)F)c(Nc3ccc(OC(C)C)c4c3C(=O)N(C)C4)n2)cc1)OCC. The molecule has 0 saturated heterocycles. The summed E-state index contributed by atoms with van der Waals surface area (Å²) in [5, 5.41) is 5.61. The van der Waals surface area contributed by atoms with Gasteiger partial charge >= 0.3 is 13.8 Å². The fourth-order valence-corrected chi connectivity index (χ4v) is 6.14. The van der Waals surface area contributed by atoms with Gasteiger partial charge in [-0.1, -0.05) is 12.1 Å². The minimum atomic E-state index is -4.76. The standard InChI is InChI=1S/C28H33F3N5O5P/c1-6-39-42(38,40-7-2)16-18-8-10-19(11-9-18)33-27-32-14-21(28(29,30)31)25(35-27)34-22-12-13-23(41-17(3)4)20-15-36(5)26(37)24(20)22/h8-14,17H,6-7,15-16H2,1-5H3,(H2,32,33,34,35). The molecule has 0 unspecified atom stereocenters. The third-order valence-corrected chi connectivity index (χ3v) is 8.23. The number of fused-ring (bicyclic) bond motifs is 1.